The van der Waals surface area contributed by atoms with Gasteiger partial charge in [0.05, 0.1) is 0 Å². The summed E-state index contributed by atoms with van der Waals surface area (Å²) < 4.78 is 0. The lowest BCUT2D eigenvalue weighted by Gasteiger charge is -2.42. The van der Waals surface area contributed by atoms with Crippen LogP contribution < -0.4 is 5.32 Å². The fourth-order valence-corrected chi connectivity index (χ4v) is 2.54. The lowest BCUT2D eigenvalue weighted by Crippen LogP contribution is -2.56. The van der Waals surface area contributed by atoms with Gasteiger partial charge >= 0.3 is 0 Å². The van der Waals surface area contributed by atoms with Crippen LogP contribution in [-0.4, -0.2) is 36.1 Å². The first kappa shape index (κ1) is 13.5. The van der Waals surface area contributed by atoms with Crippen LogP contribution >= 0.6 is 0 Å². The molecule has 0 aromatic rings. The highest BCUT2D eigenvalue weighted by Gasteiger charge is 2.35. The van der Waals surface area contributed by atoms with E-state index in [1.54, 1.807) is 0 Å². The normalized spacial score (nSPS) is 19.2. The van der Waals surface area contributed by atoms with Gasteiger partial charge in [-0.25, -0.2) is 0 Å². The van der Waals surface area contributed by atoms with Crippen molar-refractivity contribution < 1.29 is 0 Å². The molecule has 0 aromatic carbocycles. The largest absolute Gasteiger partial charge is 0.312 e. The number of hydrogen-bond donors (Lipinski definition) is 1. The fourth-order valence-electron chi connectivity index (χ4n) is 2.54. The van der Waals surface area contributed by atoms with Crippen molar-refractivity contribution in [1.82, 2.24) is 10.2 Å². The molecule has 0 aliphatic carbocycles. The molecule has 2 heteroatoms. The standard InChI is InChI=1S/C14H26N2/c1-5-7-10-13(15-6-2)14(3,4)16-11-8-9-12-16/h13,15H,6,8-12H2,1-4H3. The number of likely N-dealkylation sites (N-methyl/N-ethyl adjacent to an activating group) is 1. The van der Waals surface area contributed by atoms with Crippen LogP contribution in [0.25, 0.3) is 0 Å². The van der Waals surface area contributed by atoms with Crippen LogP contribution in [0.5, 0.6) is 0 Å². The Kier molecular flexibility index (Phi) is 5.31. The van der Waals surface area contributed by atoms with Crippen molar-refractivity contribution in [1.29, 1.82) is 0 Å². The molecule has 1 N–H and O–H groups in total. The molecule has 1 aliphatic heterocycles. The second-order valence-electron chi connectivity index (χ2n) is 5.09. The summed E-state index contributed by atoms with van der Waals surface area (Å²) in [5.41, 5.74) is 0.219. The van der Waals surface area contributed by atoms with Crippen molar-refractivity contribution in [2.24, 2.45) is 0 Å². The third-order valence-corrected chi connectivity index (χ3v) is 3.71. The summed E-state index contributed by atoms with van der Waals surface area (Å²) in [7, 11) is 0. The topological polar surface area (TPSA) is 15.3 Å². The number of nitrogens with zero attached hydrogens (tertiary/aromatic N) is 1. The first-order chi connectivity index (χ1) is 7.62. The van der Waals surface area contributed by atoms with Crippen LogP contribution in [0.3, 0.4) is 0 Å². The van der Waals surface area contributed by atoms with Crippen molar-refractivity contribution >= 4 is 0 Å². The number of rotatable bonds is 5. The summed E-state index contributed by atoms with van der Waals surface area (Å²) in [5, 5.41) is 3.59. The molecule has 1 unspecified atom stereocenters. The molecule has 0 spiro atoms. The van der Waals surface area contributed by atoms with E-state index in [4.69, 9.17) is 0 Å². The van der Waals surface area contributed by atoms with Crippen LogP contribution in [0.15, 0.2) is 0 Å². The minimum atomic E-state index is 0.219. The molecule has 0 amide bonds. The Morgan fingerprint density at radius 1 is 1.31 bits per heavy atom. The molecule has 0 aromatic heterocycles. The number of likely N-dealkylation sites (tertiary alicyclic amines) is 1. The van der Waals surface area contributed by atoms with E-state index in [-0.39, 0.29) is 5.54 Å². The Labute approximate surface area is 101 Å². The summed E-state index contributed by atoms with van der Waals surface area (Å²) in [5.74, 6) is 6.23. The summed E-state index contributed by atoms with van der Waals surface area (Å²) in [4.78, 5) is 2.61. The maximum Gasteiger partial charge on any atom is 0.0356 e. The van der Waals surface area contributed by atoms with Crippen molar-refractivity contribution in [3.8, 4) is 11.8 Å². The van der Waals surface area contributed by atoms with Gasteiger partial charge in [-0.1, -0.05) is 6.92 Å². The molecule has 0 bridgehead atoms. The molecule has 0 radical (unpaired) electrons. The predicted octanol–water partition coefficient (Wildman–Crippen LogP) is 2.25. The number of nitrogens with one attached hydrogen (secondary N) is 1. The molecule has 92 valence electrons. The molecule has 16 heavy (non-hydrogen) atoms. The SMILES string of the molecule is CC#CCC(NCC)C(C)(C)N1CCCC1. The highest BCUT2D eigenvalue weighted by molar-refractivity contribution is 5.05. The van der Waals surface area contributed by atoms with E-state index in [0.717, 1.165) is 13.0 Å². The molecule has 1 saturated heterocycles. The zero-order valence-electron chi connectivity index (χ0n) is 11.3. The van der Waals surface area contributed by atoms with Crippen LogP contribution in [0.1, 0.15) is 47.0 Å². The van der Waals surface area contributed by atoms with Crippen molar-refractivity contribution in [3.63, 3.8) is 0 Å². The number of hydrogen-bond acceptors (Lipinski definition) is 2. The maximum atomic E-state index is 3.59. The summed E-state index contributed by atoms with van der Waals surface area (Å²) in [6.07, 6.45) is 3.65. The van der Waals surface area contributed by atoms with Gasteiger partial charge in [0.1, 0.15) is 0 Å². The third-order valence-electron chi connectivity index (χ3n) is 3.71. The van der Waals surface area contributed by atoms with Crippen LogP contribution in [0.4, 0.5) is 0 Å². The molecule has 1 fully saturated rings. The summed E-state index contributed by atoms with van der Waals surface area (Å²) >= 11 is 0. The molecule has 1 heterocycles. The Bertz CT molecular complexity index is 254. The van der Waals surface area contributed by atoms with E-state index in [2.05, 4.69) is 42.8 Å². The van der Waals surface area contributed by atoms with Gasteiger partial charge in [0.25, 0.3) is 0 Å². The van der Waals surface area contributed by atoms with Crippen molar-refractivity contribution in [2.75, 3.05) is 19.6 Å². The van der Waals surface area contributed by atoms with E-state index in [1.165, 1.54) is 25.9 Å². The molecule has 2 nitrogen and oxygen atoms in total. The van der Waals surface area contributed by atoms with E-state index >= 15 is 0 Å². The van der Waals surface area contributed by atoms with Gasteiger partial charge in [-0.2, -0.15) is 0 Å². The van der Waals surface area contributed by atoms with Gasteiger partial charge in [-0.3, -0.25) is 4.90 Å². The molecule has 0 saturated carbocycles. The average molecular weight is 222 g/mol. The van der Waals surface area contributed by atoms with E-state index in [9.17, 15) is 0 Å². The molecular weight excluding hydrogens is 196 g/mol. The lowest BCUT2D eigenvalue weighted by atomic mass is 9.90. The zero-order valence-corrected chi connectivity index (χ0v) is 11.3. The van der Waals surface area contributed by atoms with Crippen molar-refractivity contribution in [2.45, 2.75) is 58.5 Å². The van der Waals surface area contributed by atoms with Crippen LogP contribution in [0, 0.1) is 11.8 Å². The van der Waals surface area contributed by atoms with Gasteiger partial charge in [0.15, 0.2) is 0 Å². The molecule has 1 aliphatic rings. The minimum absolute atomic E-state index is 0.219. The van der Waals surface area contributed by atoms with Gasteiger partial charge in [-0.15, -0.1) is 11.8 Å². The second kappa shape index (κ2) is 6.27. The summed E-state index contributed by atoms with van der Waals surface area (Å²) in [6.45, 7) is 12.3. The Morgan fingerprint density at radius 3 is 2.44 bits per heavy atom. The molecular formula is C14H26N2. The van der Waals surface area contributed by atoms with E-state index in [1.807, 2.05) is 6.92 Å². The highest BCUT2D eigenvalue weighted by Crippen LogP contribution is 2.25. The minimum Gasteiger partial charge on any atom is -0.312 e. The van der Waals surface area contributed by atoms with Gasteiger partial charge < -0.3 is 5.32 Å². The van der Waals surface area contributed by atoms with Gasteiger partial charge in [-0.05, 0) is 53.2 Å². The highest BCUT2D eigenvalue weighted by atomic mass is 15.2. The quantitative estimate of drug-likeness (QED) is 0.718. The molecule has 1 atom stereocenters. The second-order valence-corrected chi connectivity index (χ2v) is 5.09. The first-order valence-electron chi connectivity index (χ1n) is 6.51. The molecule has 1 rings (SSSR count). The van der Waals surface area contributed by atoms with Crippen molar-refractivity contribution in [3.05, 3.63) is 0 Å². The monoisotopic (exact) mass is 222 g/mol. The Balaban J connectivity index is 2.67. The first-order valence-corrected chi connectivity index (χ1v) is 6.51. The summed E-state index contributed by atoms with van der Waals surface area (Å²) in [6, 6.07) is 0.475. The maximum absolute atomic E-state index is 3.59. The lowest BCUT2D eigenvalue weighted by molar-refractivity contribution is 0.109. The predicted molar refractivity (Wildman–Crippen MR) is 70.4 cm³/mol. The Morgan fingerprint density at radius 2 is 1.94 bits per heavy atom. The zero-order chi connectivity index (χ0) is 12.0. The van der Waals surface area contributed by atoms with Gasteiger partial charge in [0.2, 0.25) is 0 Å². The Hall–Kier alpha value is -0.520. The fraction of sp³-hybridized carbons (Fsp3) is 0.857. The van der Waals surface area contributed by atoms with E-state index in [0.29, 0.717) is 6.04 Å². The van der Waals surface area contributed by atoms with Gasteiger partial charge in [0, 0.05) is 18.0 Å². The van der Waals surface area contributed by atoms with E-state index < -0.39 is 0 Å². The van der Waals surface area contributed by atoms with Crippen LogP contribution in [-0.2, 0) is 0 Å². The average Bonchev–Trinajstić information content (AvgIpc) is 2.77. The van der Waals surface area contributed by atoms with Crippen LogP contribution in [0.2, 0.25) is 0 Å². The third kappa shape index (κ3) is 3.23. The smallest absolute Gasteiger partial charge is 0.0356 e.